The molecule has 1 heterocycles. The molecule has 0 radical (unpaired) electrons. The molecule has 2 aromatic carbocycles. The first kappa shape index (κ1) is 16.2. The topological polar surface area (TPSA) is 60.1 Å². The highest BCUT2D eigenvalue weighted by Crippen LogP contribution is 2.36. The SMILES string of the molecule is CC(C)NCc1c(-c2ccccc2)c2cc([N+](=O)[O-])ccc2n1C. The Labute approximate surface area is 141 Å². The van der Waals surface area contributed by atoms with Crippen molar-refractivity contribution in [2.75, 3.05) is 0 Å². The largest absolute Gasteiger partial charge is 0.346 e. The van der Waals surface area contributed by atoms with E-state index in [4.69, 9.17) is 0 Å². The average Bonchev–Trinajstić information content (AvgIpc) is 2.85. The van der Waals surface area contributed by atoms with Gasteiger partial charge in [-0.05, 0) is 11.6 Å². The summed E-state index contributed by atoms with van der Waals surface area (Å²) in [5.74, 6) is 0. The highest BCUT2D eigenvalue weighted by atomic mass is 16.6. The van der Waals surface area contributed by atoms with Gasteiger partial charge in [-0.25, -0.2) is 0 Å². The second-order valence-electron chi connectivity index (χ2n) is 6.24. The third-order valence-electron chi connectivity index (χ3n) is 4.26. The molecule has 0 atom stereocenters. The molecule has 1 N–H and O–H groups in total. The van der Waals surface area contributed by atoms with Crippen molar-refractivity contribution in [1.82, 2.24) is 9.88 Å². The normalized spacial score (nSPS) is 11.3. The van der Waals surface area contributed by atoms with Crippen molar-refractivity contribution in [3.05, 3.63) is 64.3 Å². The lowest BCUT2D eigenvalue weighted by Gasteiger charge is -2.12. The monoisotopic (exact) mass is 323 g/mol. The van der Waals surface area contributed by atoms with Gasteiger partial charge in [0.2, 0.25) is 0 Å². The third-order valence-corrected chi connectivity index (χ3v) is 4.26. The number of nitro groups is 1. The van der Waals surface area contributed by atoms with E-state index in [0.29, 0.717) is 12.6 Å². The van der Waals surface area contributed by atoms with Crippen LogP contribution in [-0.4, -0.2) is 15.5 Å². The molecule has 24 heavy (non-hydrogen) atoms. The van der Waals surface area contributed by atoms with Gasteiger partial charge in [0.05, 0.1) is 4.92 Å². The smallest absolute Gasteiger partial charge is 0.270 e. The molecule has 124 valence electrons. The predicted octanol–water partition coefficient (Wildman–Crippen LogP) is 4.25. The van der Waals surface area contributed by atoms with Crippen molar-refractivity contribution in [2.45, 2.75) is 26.4 Å². The summed E-state index contributed by atoms with van der Waals surface area (Å²) >= 11 is 0. The van der Waals surface area contributed by atoms with E-state index in [0.717, 1.165) is 27.7 Å². The highest BCUT2D eigenvalue weighted by molar-refractivity contribution is 5.99. The number of hydrogen-bond acceptors (Lipinski definition) is 3. The summed E-state index contributed by atoms with van der Waals surface area (Å²) in [4.78, 5) is 10.8. The van der Waals surface area contributed by atoms with E-state index in [1.807, 2.05) is 43.4 Å². The Morgan fingerprint density at radius 3 is 2.50 bits per heavy atom. The van der Waals surface area contributed by atoms with E-state index >= 15 is 0 Å². The fourth-order valence-corrected chi connectivity index (χ4v) is 3.03. The van der Waals surface area contributed by atoms with E-state index < -0.39 is 0 Å². The number of aryl methyl sites for hydroxylation is 1. The van der Waals surface area contributed by atoms with Crippen LogP contribution in [0.15, 0.2) is 48.5 Å². The molecule has 0 amide bonds. The Morgan fingerprint density at radius 2 is 1.88 bits per heavy atom. The first-order valence-electron chi connectivity index (χ1n) is 8.03. The second-order valence-corrected chi connectivity index (χ2v) is 6.24. The summed E-state index contributed by atoms with van der Waals surface area (Å²) in [6.45, 7) is 4.92. The molecular formula is C19H21N3O2. The zero-order chi connectivity index (χ0) is 17.3. The molecule has 3 aromatic rings. The number of non-ortho nitro benzene ring substituents is 1. The van der Waals surface area contributed by atoms with Crippen molar-refractivity contribution in [2.24, 2.45) is 7.05 Å². The Kier molecular flexibility index (Phi) is 4.36. The van der Waals surface area contributed by atoms with E-state index in [-0.39, 0.29) is 10.6 Å². The fraction of sp³-hybridized carbons (Fsp3) is 0.263. The lowest BCUT2D eigenvalue weighted by atomic mass is 10.0. The van der Waals surface area contributed by atoms with Crippen LogP contribution in [0.3, 0.4) is 0 Å². The fourth-order valence-electron chi connectivity index (χ4n) is 3.03. The van der Waals surface area contributed by atoms with Crippen LogP contribution in [-0.2, 0) is 13.6 Å². The molecule has 0 aliphatic carbocycles. The number of hydrogen-bond donors (Lipinski definition) is 1. The zero-order valence-electron chi connectivity index (χ0n) is 14.1. The van der Waals surface area contributed by atoms with Gasteiger partial charge in [-0.1, -0.05) is 44.2 Å². The van der Waals surface area contributed by atoms with Crippen LogP contribution in [0.2, 0.25) is 0 Å². The van der Waals surface area contributed by atoms with Crippen molar-refractivity contribution in [3.8, 4) is 11.1 Å². The van der Waals surface area contributed by atoms with Gasteiger partial charge in [-0.3, -0.25) is 10.1 Å². The third kappa shape index (κ3) is 2.90. The van der Waals surface area contributed by atoms with Gasteiger partial charge < -0.3 is 9.88 Å². The van der Waals surface area contributed by atoms with Gasteiger partial charge in [0.1, 0.15) is 0 Å². The molecule has 5 heteroatoms. The van der Waals surface area contributed by atoms with Gasteiger partial charge >= 0.3 is 0 Å². The number of nitro benzene ring substituents is 1. The standard InChI is InChI=1S/C19H21N3O2/c1-13(2)20-12-18-19(14-7-5-4-6-8-14)16-11-15(22(23)24)9-10-17(16)21(18)3/h4-11,13,20H,12H2,1-3H3. The Morgan fingerprint density at radius 1 is 1.17 bits per heavy atom. The second kappa shape index (κ2) is 6.45. The van der Waals surface area contributed by atoms with E-state index in [1.165, 1.54) is 0 Å². The maximum absolute atomic E-state index is 11.2. The van der Waals surface area contributed by atoms with Gasteiger partial charge in [0, 0.05) is 53.9 Å². The van der Waals surface area contributed by atoms with Crippen LogP contribution in [0, 0.1) is 10.1 Å². The minimum Gasteiger partial charge on any atom is -0.346 e. The zero-order valence-corrected chi connectivity index (χ0v) is 14.1. The Bertz CT molecular complexity index is 883. The van der Waals surface area contributed by atoms with Gasteiger partial charge in [-0.15, -0.1) is 0 Å². The van der Waals surface area contributed by atoms with Crippen LogP contribution < -0.4 is 5.32 Å². The molecule has 0 fully saturated rings. The quantitative estimate of drug-likeness (QED) is 0.564. The molecule has 0 aliphatic rings. The van der Waals surface area contributed by atoms with Crippen molar-refractivity contribution >= 4 is 16.6 Å². The summed E-state index contributed by atoms with van der Waals surface area (Å²) in [5, 5.41) is 15.6. The van der Waals surface area contributed by atoms with Crippen molar-refractivity contribution in [1.29, 1.82) is 0 Å². The summed E-state index contributed by atoms with van der Waals surface area (Å²) in [6, 6.07) is 15.5. The number of rotatable bonds is 5. The molecule has 0 unspecified atom stereocenters. The molecule has 0 saturated carbocycles. The number of benzene rings is 2. The number of fused-ring (bicyclic) bond motifs is 1. The summed E-state index contributed by atoms with van der Waals surface area (Å²) < 4.78 is 2.12. The van der Waals surface area contributed by atoms with Crippen LogP contribution in [0.25, 0.3) is 22.0 Å². The van der Waals surface area contributed by atoms with E-state index in [1.54, 1.807) is 12.1 Å². The number of nitrogens with one attached hydrogen (secondary N) is 1. The Hall–Kier alpha value is -2.66. The van der Waals surface area contributed by atoms with Gasteiger partial charge in [0.15, 0.2) is 0 Å². The number of aromatic nitrogens is 1. The molecule has 1 aromatic heterocycles. The average molecular weight is 323 g/mol. The van der Waals surface area contributed by atoms with Crippen LogP contribution in [0.4, 0.5) is 5.69 Å². The molecule has 0 spiro atoms. The van der Waals surface area contributed by atoms with Gasteiger partial charge in [-0.2, -0.15) is 0 Å². The minimum absolute atomic E-state index is 0.119. The van der Waals surface area contributed by atoms with Gasteiger partial charge in [0.25, 0.3) is 5.69 Å². The maximum atomic E-state index is 11.2. The molecule has 0 bridgehead atoms. The maximum Gasteiger partial charge on any atom is 0.270 e. The summed E-state index contributed by atoms with van der Waals surface area (Å²) in [7, 11) is 2.01. The van der Waals surface area contributed by atoms with Crippen molar-refractivity contribution in [3.63, 3.8) is 0 Å². The molecule has 3 rings (SSSR count). The van der Waals surface area contributed by atoms with Crippen LogP contribution >= 0.6 is 0 Å². The minimum atomic E-state index is -0.340. The first-order valence-corrected chi connectivity index (χ1v) is 8.03. The van der Waals surface area contributed by atoms with E-state index in [2.05, 4.69) is 23.7 Å². The molecule has 5 nitrogen and oxygen atoms in total. The molecule has 0 aliphatic heterocycles. The van der Waals surface area contributed by atoms with E-state index in [9.17, 15) is 10.1 Å². The summed E-state index contributed by atoms with van der Waals surface area (Å²) in [6.07, 6.45) is 0. The lowest BCUT2D eigenvalue weighted by Crippen LogP contribution is -2.23. The van der Waals surface area contributed by atoms with Crippen molar-refractivity contribution < 1.29 is 4.92 Å². The predicted molar refractivity (Wildman–Crippen MR) is 97.0 cm³/mol. The number of nitrogens with zero attached hydrogens (tertiary/aromatic N) is 2. The van der Waals surface area contributed by atoms with Crippen LogP contribution in [0.5, 0.6) is 0 Å². The highest BCUT2D eigenvalue weighted by Gasteiger charge is 2.19. The first-order chi connectivity index (χ1) is 11.5. The molecule has 0 saturated heterocycles. The van der Waals surface area contributed by atoms with Crippen LogP contribution in [0.1, 0.15) is 19.5 Å². The summed E-state index contributed by atoms with van der Waals surface area (Å²) in [5.41, 5.74) is 4.38. The Balaban J connectivity index is 2.27. The molecular weight excluding hydrogens is 302 g/mol. The lowest BCUT2D eigenvalue weighted by molar-refractivity contribution is -0.384.